The molecule has 1 N–H and O–H groups in total. The zero-order chi connectivity index (χ0) is 15.1. The highest BCUT2D eigenvalue weighted by Gasteiger charge is 2.25. The monoisotopic (exact) mass is 302 g/mol. The molecule has 1 aromatic carbocycles. The summed E-state index contributed by atoms with van der Waals surface area (Å²) in [5.41, 5.74) is 5.35. The number of aliphatic hydroxyl groups is 1. The Bertz CT molecular complexity index is 718. The number of allylic oxidation sites excluding steroid dienone is 1. The average Bonchev–Trinajstić information content (AvgIpc) is 2.97. The van der Waals surface area contributed by atoms with Crippen molar-refractivity contribution in [1.82, 2.24) is 9.78 Å². The molecule has 1 aliphatic rings. The van der Waals surface area contributed by atoms with E-state index in [-0.39, 0.29) is 12.0 Å². The van der Waals surface area contributed by atoms with E-state index in [1.54, 1.807) is 0 Å². The normalized spacial score (nSPS) is 21.2. The number of aromatic nitrogens is 2. The van der Waals surface area contributed by atoms with Gasteiger partial charge in [-0.3, -0.25) is 0 Å². The minimum absolute atomic E-state index is 0.245. The number of halogens is 1. The fourth-order valence-electron chi connectivity index (χ4n) is 3.05. The molecule has 0 spiro atoms. The van der Waals surface area contributed by atoms with Gasteiger partial charge in [-0.15, -0.1) is 0 Å². The Morgan fingerprint density at radius 3 is 2.62 bits per heavy atom. The van der Waals surface area contributed by atoms with Crippen LogP contribution in [-0.4, -0.2) is 21.0 Å². The molecular formula is C17H19ClN2O. The fourth-order valence-corrected chi connectivity index (χ4v) is 3.22. The molecule has 0 aliphatic heterocycles. The molecular weight excluding hydrogens is 284 g/mol. The van der Waals surface area contributed by atoms with Crippen LogP contribution in [0.2, 0.25) is 5.02 Å². The van der Waals surface area contributed by atoms with Gasteiger partial charge in [-0.05, 0) is 44.9 Å². The lowest BCUT2D eigenvalue weighted by molar-refractivity contribution is 0.218. The molecule has 4 heteroatoms. The van der Waals surface area contributed by atoms with Gasteiger partial charge in [0, 0.05) is 22.2 Å². The summed E-state index contributed by atoms with van der Waals surface area (Å²) in [6.07, 6.45) is 4.34. The van der Waals surface area contributed by atoms with E-state index in [4.69, 9.17) is 11.6 Å². The predicted molar refractivity (Wildman–Crippen MR) is 85.3 cm³/mol. The van der Waals surface area contributed by atoms with E-state index in [1.807, 2.05) is 42.8 Å². The molecule has 110 valence electrons. The van der Waals surface area contributed by atoms with Gasteiger partial charge in [-0.25, -0.2) is 4.68 Å². The number of aliphatic hydroxyl groups excluding tert-OH is 1. The molecule has 1 heterocycles. The maximum absolute atomic E-state index is 9.70. The predicted octanol–water partition coefficient (Wildman–Crippen LogP) is 3.86. The van der Waals surface area contributed by atoms with Gasteiger partial charge in [0.2, 0.25) is 0 Å². The minimum Gasteiger partial charge on any atom is -0.389 e. The van der Waals surface area contributed by atoms with E-state index in [0.29, 0.717) is 0 Å². The zero-order valence-corrected chi connectivity index (χ0v) is 13.2. The van der Waals surface area contributed by atoms with E-state index >= 15 is 0 Å². The van der Waals surface area contributed by atoms with Crippen LogP contribution >= 0.6 is 11.6 Å². The Hall–Kier alpha value is -1.58. The van der Waals surface area contributed by atoms with Crippen molar-refractivity contribution in [3.63, 3.8) is 0 Å². The van der Waals surface area contributed by atoms with Crippen molar-refractivity contribution in [1.29, 1.82) is 0 Å². The van der Waals surface area contributed by atoms with E-state index in [0.717, 1.165) is 34.1 Å². The van der Waals surface area contributed by atoms with Crippen molar-refractivity contribution in [3.8, 4) is 5.69 Å². The molecule has 2 atom stereocenters. The molecule has 21 heavy (non-hydrogen) atoms. The minimum atomic E-state index is -0.342. The molecule has 0 bridgehead atoms. The van der Waals surface area contributed by atoms with Crippen LogP contribution in [0, 0.1) is 20.8 Å². The van der Waals surface area contributed by atoms with Crippen molar-refractivity contribution < 1.29 is 5.11 Å². The molecule has 0 saturated carbocycles. The van der Waals surface area contributed by atoms with Gasteiger partial charge < -0.3 is 5.11 Å². The SMILES string of the molecule is Cc1ccc(-n2nc(C)c([C@@H]3C=C[C@@H](O)C3)c2C)cc1Cl. The Labute approximate surface area is 129 Å². The molecule has 2 aromatic rings. The Morgan fingerprint density at radius 2 is 2.00 bits per heavy atom. The van der Waals surface area contributed by atoms with Crippen LogP contribution in [0.3, 0.4) is 0 Å². The summed E-state index contributed by atoms with van der Waals surface area (Å²) in [5, 5.41) is 15.1. The van der Waals surface area contributed by atoms with E-state index in [1.165, 1.54) is 5.56 Å². The molecule has 3 rings (SSSR count). The van der Waals surface area contributed by atoms with Crippen molar-refractivity contribution in [3.05, 3.63) is 57.9 Å². The summed E-state index contributed by atoms with van der Waals surface area (Å²) in [4.78, 5) is 0. The topological polar surface area (TPSA) is 38.0 Å². The van der Waals surface area contributed by atoms with Gasteiger partial charge in [-0.1, -0.05) is 29.8 Å². The van der Waals surface area contributed by atoms with Crippen molar-refractivity contribution in [2.45, 2.75) is 39.2 Å². The molecule has 1 aromatic heterocycles. The second-order valence-electron chi connectivity index (χ2n) is 5.72. The lowest BCUT2D eigenvalue weighted by Crippen LogP contribution is -2.03. The van der Waals surface area contributed by atoms with Crippen LogP contribution in [0.1, 0.15) is 34.9 Å². The largest absolute Gasteiger partial charge is 0.389 e. The zero-order valence-electron chi connectivity index (χ0n) is 12.5. The molecule has 0 amide bonds. The lowest BCUT2D eigenvalue weighted by atomic mass is 9.96. The number of aryl methyl sites for hydroxylation is 2. The maximum Gasteiger partial charge on any atom is 0.0730 e. The highest BCUT2D eigenvalue weighted by atomic mass is 35.5. The number of rotatable bonds is 2. The standard InChI is InChI=1S/C17H19ClN2O/c1-10-4-6-14(9-16(10)18)20-12(3)17(11(2)19-20)13-5-7-15(21)8-13/h4-7,9,13,15,21H,8H2,1-3H3/t13-,15-/m1/s1. The number of hydrogen-bond donors (Lipinski definition) is 1. The second kappa shape index (κ2) is 5.32. The number of benzene rings is 1. The third-order valence-electron chi connectivity index (χ3n) is 4.18. The highest BCUT2D eigenvalue weighted by Crippen LogP contribution is 2.34. The quantitative estimate of drug-likeness (QED) is 0.856. The third kappa shape index (κ3) is 2.52. The summed E-state index contributed by atoms with van der Waals surface area (Å²) in [6, 6.07) is 5.98. The molecule has 0 fully saturated rings. The van der Waals surface area contributed by atoms with Gasteiger partial charge in [-0.2, -0.15) is 5.10 Å². The first-order valence-corrected chi connectivity index (χ1v) is 7.54. The maximum atomic E-state index is 9.70. The van der Waals surface area contributed by atoms with Crippen molar-refractivity contribution >= 4 is 11.6 Å². The van der Waals surface area contributed by atoms with Crippen LogP contribution in [0.25, 0.3) is 5.69 Å². The van der Waals surface area contributed by atoms with Crippen LogP contribution in [0.15, 0.2) is 30.4 Å². The Kier molecular flexibility index (Phi) is 3.64. The first kappa shape index (κ1) is 14.4. The van der Waals surface area contributed by atoms with Crippen molar-refractivity contribution in [2.75, 3.05) is 0 Å². The van der Waals surface area contributed by atoms with Gasteiger partial charge in [0.25, 0.3) is 0 Å². The summed E-state index contributed by atoms with van der Waals surface area (Å²) >= 11 is 6.22. The van der Waals surface area contributed by atoms with Crippen molar-refractivity contribution in [2.24, 2.45) is 0 Å². The Balaban J connectivity index is 2.05. The first-order chi connectivity index (χ1) is 9.97. The number of nitrogens with zero attached hydrogens (tertiary/aromatic N) is 2. The summed E-state index contributed by atoms with van der Waals surface area (Å²) in [7, 11) is 0. The smallest absolute Gasteiger partial charge is 0.0730 e. The molecule has 0 radical (unpaired) electrons. The third-order valence-corrected chi connectivity index (χ3v) is 4.59. The molecule has 1 aliphatic carbocycles. The highest BCUT2D eigenvalue weighted by molar-refractivity contribution is 6.31. The second-order valence-corrected chi connectivity index (χ2v) is 6.13. The first-order valence-electron chi connectivity index (χ1n) is 7.16. The lowest BCUT2D eigenvalue weighted by Gasteiger charge is -2.11. The van der Waals surface area contributed by atoms with Crippen LogP contribution in [0.5, 0.6) is 0 Å². The van der Waals surface area contributed by atoms with Gasteiger partial charge in [0.05, 0.1) is 17.5 Å². The number of hydrogen-bond acceptors (Lipinski definition) is 2. The summed E-state index contributed by atoms with van der Waals surface area (Å²) in [5.74, 6) is 0.245. The van der Waals surface area contributed by atoms with Crippen LogP contribution < -0.4 is 0 Å². The molecule has 0 saturated heterocycles. The van der Waals surface area contributed by atoms with Gasteiger partial charge >= 0.3 is 0 Å². The van der Waals surface area contributed by atoms with Crippen LogP contribution in [-0.2, 0) is 0 Å². The van der Waals surface area contributed by atoms with Gasteiger partial charge in [0.1, 0.15) is 0 Å². The van der Waals surface area contributed by atoms with E-state index < -0.39 is 0 Å². The summed E-state index contributed by atoms with van der Waals surface area (Å²) < 4.78 is 1.94. The van der Waals surface area contributed by atoms with E-state index in [2.05, 4.69) is 18.1 Å². The average molecular weight is 303 g/mol. The van der Waals surface area contributed by atoms with Crippen LogP contribution in [0.4, 0.5) is 0 Å². The van der Waals surface area contributed by atoms with Gasteiger partial charge in [0.15, 0.2) is 0 Å². The van der Waals surface area contributed by atoms with E-state index in [9.17, 15) is 5.11 Å². The molecule has 3 nitrogen and oxygen atoms in total. The summed E-state index contributed by atoms with van der Waals surface area (Å²) in [6.45, 7) is 6.08. The molecule has 0 unspecified atom stereocenters. The fraction of sp³-hybridized carbons (Fsp3) is 0.353. The Morgan fingerprint density at radius 1 is 1.24 bits per heavy atom.